The maximum absolute atomic E-state index is 12.3. The molecule has 3 heteroatoms. The van der Waals surface area contributed by atoms with Crippen LogP contribution in [0.2, 0.25) is 0 Å². The van der Waals surface area contributed by atoms with E-state index < -0.39 is 0 Å². The molecule has 1 unspecified atom stereocenters. The van der Waals surface area contributed by atoms with Gasteiger partial charge in [0.05, 0.1) is 18.3 Å². The molecule has 0 heterocycles. The number of esters is 1. The summed E-state index contributed by atoms with van der Waals surface area (Å²) in [5, 5.41) is 10.6. The SMILES string of the molecule is CC1(C)CCC[C@@]2(C)C1CC[C@@H](O)[C@@H]2COC(=O)c1ccccc1. The minimum atomic E-state index is -0.372. The summed E-state index contributed by atoms with van der Waals surface area (Å²) in [6.45, 7) is 7.35. The molecule has 1 N–H and O–H groups in total. The van der Waals surface area contributed by atoms with E-state index in [9.17, 15) is 9.90 Å². The Hall–Kier alpha value is -1.35. The lowest BCUT2D eigenvalue weighted by molar-refractivity contribution is -0.137. The normalized spacial score (nSPS) is 35.1. The van der Waals surface area contributed by atoms with Crippen LogP contribution in [0.1, 0.15) is 63.2 Å². The van der Waals surface area contributed by atoms with Crippen molar-refractivity contribution in [3.8, 4) is 0 Å². The van der Waals surface area contributed by atoms with Gasteiger partial charge >= 0.3 is 5.97 Å². The molecule has 3 rings (SSSR count). The lowest BCUT2D eigenvalue weighted by Gasteiger charge is -2.58. The van der Waals surface area contributed by atoms with Crippen molar-refractivity contribution in [3.05, 3.63) is 35.9 Å². The van der Waals surface area contributed by atoms with E-state index in [1.807, 2.05) is 18.2 Å². The van der Waals surface area contributed by atoms with Gasteiger partial charge in [-0.3, -0.25) is 0 Å². The third-order valence-electron chi connectivity index (χ3n) is 6.74. The Bertz CT molecular complexity index is 580. The first-order chi connectivity index (χ1) is 11.3. The van der Waals surface area contributed by atoms with Crippen LogP contribution >= 0.6 is 0 Å². The zero-order valence-electron chi connectivity index (χ0n) is 15.1. The van der Waals surface area contributed by atoms with Gasteiger partial charge < -0.3 is 9.84 Å². The molecule has 0 spiro atoms. The summed E-state index contributed by atoms with van der Waals surface area (Å²) in [6.07, 6.45) is 5.08. The summed E-state index contributed by atoms with van der Waals surface area (Å²) < 4.78 is 5.62. The largest absolute Gasteiger partial charge is 0.462 e. The molecule has 0 radical (unpaired) electrons. The number of rotatable bonds is 3. The van der Waals surface area contributed by atoms with E-state index in [1.54, 1.807) is 12.1 Å². The molecule has 0 bridgehead atoms. The van der Waals surface area contributed by atoms with Crippen LogP contribution in [0.3, 0.4) is 0 Å². The molecule has 2 saturated carbocycles. The third kappa shape index (κ3) is 3.11. The molecule has 2 aliphatic carbocycles. The van der Waals surface area contributed by atoms with E-state index in [0.717, 1.165) is 19.3 Å². The Morgan fingerprint density at radius 1 is 1.17 bits per heavy atom. The fourth-order valence-corrected chi connectivity index (χ4v) is 5.43. The highest BCUT2D eigenvalue weighted by Crippen LogP contribution is 2.59. The fourth-order valence-electron chi connectivity index (χ4n) is 5.43. The van der Waals surface area contributed by atoms with Gasteiger partial charge in [0.2, 0.25) is 0 Å². The van der Waals surface area contributed by atoms with Gasteiger partial charge in [-0.15, -0.1) is 0 Å². The van der Waals surface area contributed by atoms with Gasteiger partial charge in [0.25, 0.3) is 0 Å². The van der Waals surface area contributed by atoms with E-state index in [-0.39, 0.29) is 23.4 Å². The van der Waals surface area contributed by atoms with Gasteiger partial charge in [0, 0.05) is 5.92 Å². The van der Waals surface area contributed by atoms with Crippen LogP contribution in [-0.2, 0) is 4.74 Å². The lowest BCUT2D eigenvalue weighted by atomic mass is 9.48. The number of hydrogen-bond acceptors (Lipinski definition) is 3. The Kier molecular flexibility index (Phi) is 4.74. The molecular weight excluding hydrogens is 300 g/mol. The predicted molar refractivity (Wildman–Crippen MR) is 94.7 cm³/mol. The second kappa shape index (κ2) is 6.51. The Balaban J connectivity index is 1.74. The van der Waals surface area contributed by atoms with Crippen molar-refractivity contribution in [2.24, 2.45) is 22.7 Å². The molecule has 3 nitrogen and oxygen atoms in total. The Morgan fingerprint density at radius 2 is 1.88 bits per heavy atom. The monoisotopic (exact) mass is 330 g/mol. The fraction of sp³-hybridized carbons (Fsp3) is 0.667. The number of ether oxygens (including phenoxy) is 1. The number of aliphatic hydroxyl groups excluding tert-OH is 1. The van der Waals surface area contributed by atoms with Crippen LogP contribution in [-0.4, -0.2) is 23.8 Å². The van der Waals surface area contributed by atoms with Crippen LogP contribution in [0.4, 0.5) is 0 Å². The van der Waals surface area contributed by atoms with Crippen LogP contribution in [0.25, 0.3) is 0 Å². The number of carbonyl (C=O) groups is 1. The summed E-state index contributed by atoms with van der Waals surface area (Å²) in [6, 6.07) is 9.11. The number of fused-ring (bicyclic) bond motifs is 1. The van der Waals surface area contributed by atoms with Crippen molar-refractivity contribution in [3.63, 3.8) is 0 Å². The van der Waals surface area contributed by atoms with Crippen molar-refractivity contribution in [1.29, 1.82) is 0 Å². The molecule has 0 saturated heterocycles. The lowest BCUT2D eigenvalue weighted by Crippen LogP contribution is -2.54. The molecule has 132 valence electrons. The molecule has 24 heavy (non-hydrogen) atoms. The highest BCUT2D eigenvalue weighted by molar-refractivity contribution is 5.89. The minimum Gasteiger partial charge on any atom is -0.462 e. The Morgan fingerprint density at radius 3 is 2.58 bits per heavy atom. The number of aliphatic hydroxyl groups is 1. The van der Waals surface area contributed by atoms with Crippen molar-refractivity contribution in [2.45, 2.75) is 59.0 Å². The maximum Gasteiger partial charge on any atom is 0.338 e. The van der Waals surface area contributed by atoms with Crippen molar-refractivity contribution in [2.75, 3.05) is 6.61 Å². The van der Waals surface area contributed by atoms with E-state index >= 15 is 0 Å². The van der Waals surface area contributed by atoms with Gasteiger partial charge in [-0.1, -0.05) is 45.4 Å². The first kappa shape index (κ1) is 17.5. The van der Waals surface area contributed by atoms with Crippen LogP contribution in [0.5, 0.6) is 0 Å². The quantitative estimate of drug-likeness (QED) is 0.833. The van der Waals surface area contributed by atoms with Crippen molar-refractivity contribution >= 4 is 5.97 Å². The summed E-state index contributed by atoms with van der Waals surface area (Å²) in [5.41, 5.74) is 0.930. The average molecular weight is 330 g/mol. The van der Waals surface area contributed by atoms with E-state index in [1.165, 1.54) is 12.8 Å². The second-order valence-corrected chi connectivity index (χ2v) is 8.62. The molecule has 1 aromatic rings. The summed E-state index contributed by atoms with van der Waals surface area (Å²) in [7, 11) is 0. The number of carbonyl (C=O) groups excluding carboxylic acids is 1. The maximum atomic E-state index is 12.3. The first-order valence-electron chi connectivity index (χ1n) is 9.25. The van der Waals surface area contributed by atoms with E-state index in [4.69, 9.17) is 4.74 Å². The molecule has 4 atom stereocenters. The zero-order chi connectivity index (χ0) is 17.4. The smallest absolute Gasteiger partial charge is 0.338 e. The van der Waals surface area contributed by atoms with E-state index in [0.29, 0.717) is 23.5 Å². The molecule has 2 aliphatic rings. The topological polar surface area (TPSA) is 46.5 Å². The molecule has 0 aliphatic heterocycles. The highest BCUT2D eigenvalue weighted by Gasteiger charge is 2.54. The molecular formula is C21H30O3. The standard InChI is InChI=1S/C21H30O3/c1-20(2)12-7-13-21(3)16(17(22)10-11-18(20)21)14-24-19(23)15-8-5-4-6-9-15/h4-6,8-9,16-18,22H,7,10-14H2,1-3H3/t16-,17+,18?,21+/m0/s1. The predicted octanol–water partition coefficient (Wildman–Crippen LogP) is 4.45. The molecule has 1 aromatic carbocycles. The van der Waals surface area contributed by atoms with Gasteiger partial charge in [-0.25, -0.2) is 4.79 Å². The van der Waals surface area contributed by atoms with Crippen LogP contribution in [0.15, 0.2) is 30.3 Å². The first-order valence-corrected chi connectivity index (χ1v) is 9.25. The van der Waals surface area contributed by atoms with Gasteiger partial charge in [-0.05, 0) is 54.6 Å². The van der Waals surface area contributed by atoms with E-state index in [2.05, 4.69) is 20.8 Å². The van der Waals surface area contributed by atoms with Gasteiger partial charge in [0.15, 0.2) is 0 Å². The van der Waals surface area contributed by atoms with Crippen molar-refractivity contribution < 1.29 is 14.6 Å². The van der Waals surface area contributed by atoms with Crippen LogP contribution < -0.4 is 0 Å². The molecule has 2 fully saturated rings. The van der Waals surface area contributed by atoms with Gasteiger partial charge in [0.1, 0.15) is 0 Å². The highest BCUT2D eigenvalue weighted by atomic mass is 16.5. The summed E-state index contributed by atoms with van der Waals surface area (Å²) >= 11 is 0. The summed E-state index contributed by atoms with van der Waals surface area (Å²) in [4.78, 5) is 12.3. The van der Waals surface area contributed by atoms with Crippen molar-refractivity contribution in [1.82, 2.24) is 0 Å². The summed E-state index contributed by atoms with van der Waals surface area (Å²) in [5.74, 6) is 0.328. The Labute approximate surface area is 145 Å². The minimum absolute atomic E-state index is 0.0310. The van der Waals surface area contributed by atoms with Crippen LogP contribution in [0, 0.1) is 22.7 Å². The molecule has 0 amide bonds. The number of hydrogen-bond donors (Lipinski definition) is 1. The second-order valence-electron chi connectivity index (χ2n) is 8.62. The average Bonchev–Trinajstić information content (AvgIpc) is 2.54. The zero-order valence-corrected chi connectivity index (χ0v) is 15.1. The third-order valence-corrected chi connectivity index (χ3v) is 6.74. The number of benzene rings is 1. The van der Waals surface area contributed by atoms with Gasteiger partial charge in [-0.2, -0.15) is 0 Å². The molecule has 0 aromatic heterocycles.